The summed E-state index contributed by atoms with van der Waals surface area (Å²) in [6.45, 7) is 5.98. The fourth-order valence-corrected chi connectivity index (χ4v) is 2.39. The van der Waals surface area contributed by atoms with Crippen molar-refractivity contribution in [3.8, 4) is 0 Å². The summed E-state index contributed by atoms with van der Waals surface area (Å²) < 4.78 is 12.0. The summed E-state index contributed by atoms with van der Waals surface area (Å²) in [5.74, 6) is 0.0904. The second-order valence-electron chi connectivity index (χ2n) is 4.63. The first-order valence-corrected chi connectivity index (χ1v) is 7.26. The van der Waals surface area contributed by atoms with Crippen molar-refractivity contribution in [3.05, 3.63) is 24.3 Å². The van der Waals surface area contributed by atoms with Gasteiger partial charge >= 0.3 is 0 Å². The molecule has 18 heavy (non-hydrogen) atoms. The molecule has 0 spiro atoms. The maximum atomic E-state index is 12.0. The minimum Gasteiger partial charge on any atom is -0.398 e. The minimum absolute atomic E-state index is 0.0503. The van der Waals surface area contributed by atoms with Gasteiger partial charge in [-0.2, -0.15) is 0 Å². The van der Waals surface area contributed by atoms with Gasteiger partial charge in [-0.25, -0.2) is 0 Å². The number of para-hydroxylation sites is 1. The number of carbonyl (C=O) groups excluding carboxylic acids is 1. The monoisotopic (exact) mass is 268 g/mol. The van der Waals surface area contributed by atoms with Gasteiger partial charge in [0.15, 0.2) is 0 Å². The number of nitrogens with one attached hydrogen (secondary N) is 1. The number of amides is 1. The van der Waals surface area contributed by atoms with Crippen LogP contribution in [0.1, 0.15) is 20.8 Å². The molecular weight excluding hydrogens is 248 g/mol. The SMILES string of the molecule is CC(C)C(C)NC(=O)CS(=O)c1ccccc1N. The quantitative estimate of drug-likeness (QED) is 0.796. The van der Waals surface area contributed by atoms with E-state index in [9.17, 15) is 9.00 Å². The Labute approximate surface area is 110 Å². The van der Waals surface area contributed by atoms with Crippen molar-refractivity contribution in [2.45, 2.75) is 31.7 Å². The molecule has 1 amide bonds. The van der Waals surface area contributed by atoms with Crippen LogP contribution in [-0.2, 0) is 15.6 Å². The van der Waals surface area contributed by atoms with Crippen LogP contribution in [0.3, 0.4) is 0 Å². The van der Waals surface area contributed by atoms with Gasteiger partial charge in [0, 0.05) is 11.7 Å². The highest BCUT2D eigenvalue weighted by atomic mass is 32.2. The Hall–Kier alpha value is -1.36. The van der Waals surface area contributed by atoms with E-state index in [0.717, 1.165) is 0 Å². The van der Waals surface area contributed by atoms with Gasteiger partial charge in [0.05, 0.1) is 15.7 Å². The van der Waals surface area contributed by atoms with Crippen LogP contribution >= 0.6 is 0 Å². The number of benzene rings is 1. The molecule has 0 heterocycles. The third-order valence-electron chi connectivity index (χ3n) is 2.82. The van der Waals surface area contributed by atoms with E-state index in [0.29, 0.717) is 16.5 Å². The van der Waals surface area contributed by atoms with E-state index in [1.807, 2.05) is 20.8 Å². The van der Waals surface area contributed by atoms with E-state index in [4.69, 9.17) is 5.73 Å². The number of hydrogen-bond acceptors (Lipinski definition) is 3. The zero-order valence-electron chi connectivity index (χ0n) is 11.0. The molecule has 2 atom stereocenters. The molecule has 4 nitrogen and oxygen atoms in total. The van der Waals surface area contributed by atoms with E-state index in [-0.39, 0.29) is 17.7 Å². The predicted molar refractivity (Wildman–Crippen MR) is 74.6 cm³/mol. The lowest BCUT2D eigenvalue weighted by Gasteiger charge is -2.17. The molecule has 0 saturated heterocycles. The number of nitrogen functional groups attached to an aromatic ring is 1. The molecule has 5 heteroatoms. The molecule has 0 aliphatic rings. The van der Waals surface area contributed by atoms with E-state index in [1.165, 1.54) is 0 Å². The van der Waals surface area contributed by atoms with Crippen LogP contribution in [0, 0.1) is 5.92 Å². The van der Waals surface area contributed by atoms with E-state index in [2.05, 4.69) is 5.32 Å². The van der Waals surface area contributed by atoms with Crippen molar-refractivity contribution in [2.75, 3.05) is 11.5 Å². The first-order valence-electron chi connectivity index (χ1n) is 5.94. The second kappa shape index (κ2) is 6.54. The number of carbonyl (C=O) groups is 1. The Morgan fingerprint density at radius 3 is 2.50 bits per heavy atom. The van der Waals surface area contributed by atoms with Gasteiger partial charge < -0.3 is 11.1 Å². The van der Waals surface area contributed by atoms with Gasteiger partial charge in [0.1, 0.15) is 5.75 Å². The van der Waals surface area contributed by atoms with Crippen molar-refractivity contribution < 1.29 is 9.00 Å². The summed E-state index contributed by atoms with van der Waals surface area (Å²) in [7, 11) is -1.39. The molecule has 3 N–H and O–H groups in total. The molecule has 1 aromatic carbocycles. The van der Waals surface area contributed by atoms with Crippen molar-refractivity contribution in [1.29, 1.82) is 0 Å². The largest absolute Gasteiger partial charge is 0.398 e. The molecule has 0 bridgehead atoms. The summed E-state index contributed by atoms with van der Waals surface area (Å²) in [5.41, 5.74) is 6.18. The molecule has 0 aromatic heterocycles. The maximum absolute atomic E-state index is 12.0. The van der Waals surface area contributed by atoms with Crippen molar-refractivity contribution >= 4 is 22.4 Å². The fourth-order valence-electron chi connectivity index (χ4n) is 1.35. The number of anilines is 1. The van der Waals surface area contributed by atoms with Crippen molar-refractivity contribution in [1.82, 2.24) is 5.32 Å². The van der Waals surface area contributed by atoms with Gasteiger partial charge in [-0.15, -0.1) is 0 Å². The Kier molecular flexibility index (Phi) is 5.34. The van der Waals surface area contributed by atoms with Gasteiger partial charge in [-0.05, 0) is 25.0 Å². The topological polar surface area (TPSA) is 72.2 Å². The van der Waals surface area contributed by atoms with Crippen LogP contribution < -0.4 is 11.1 Å². The summed E-state index contributed by atoms with van der Waals surface area (Å²) in [4.78, 5) is 12.2. The zero-order chi connectivity index (χ0) is 13.7. The fraction of sp³-hybridized carbons (Fsp3) is 0.462. The van der Waals surface area contributed by atoms with E-state index >= 15 is 0 Å². The standard InChI is InChI=1S/C13H20N2O2S/c1-9(2)10(3)15-13(16)8-18(17)12-7-5-4-6-11(12)14/h4-7,9-10H,8,14H2,1-3H3,(H,15,16). The van der Waals surface area contributed by atoms with Crippen LogP contribution in [0.2, 0.25) is 0 Å². The molecule has 1 rings (SSSR count). The minimum atomic E-state index is -1.39. The van der Waals surface area contributed by atoms with Crippen LogP contribution in [0.4, 0.5) is 5.69 Å². The molecule has 0 radical (unpaired) electrons. The predicted octanol–water partition coefficient (Wildman–Crippen LogP) is 1.54. The highest BCUT2D eigenvalue weighted by Gasteiger charge is 2.15. The highest BCUT2D eigenvalue weighted by Crippen LogP contribution is 2.15. The molecule has 0 aliphatic carbocycles. The molecular formula is C13H20N2O2S. The number of nitrogens with two attached hydrogens (primary N) is 1. The number of rotatable bonds is 5. The van der Waals surface area contributed by atoms with Crippen LogP contribution in [-0.4, -0.2) is 21.9 Å². The maximum Gasteiger partial charge on any atom is 0.233 e. The average Bonchev–Trinajstić information content (AvgIpc) is 2.28. The third-order valence-corrected chi connectivity index (χ3v) is 4.20. The number of hydrogen-bond donors (Lipinski definition) is 2. The summed E-state index contributed by atoms with van der Waals surface area (Å²) in [6.07, 6.45) is 0. The lowest BCUT2D eigenvalue weighted by Crippen LogP contribution is -2.38. The van der Waals surface area contributed by atoms with Gasteiger partial charge in [0.2, 0.25) is 5.91 Å². The Morgan fingerprint density at radius 1 is 1.33 bits per heavy atom. The van der Waals surface area contributed by atoms with Crippen molar-refractivity contribution in [2.24, 2.45) is 5.92 Å². The molecule has 1 aromatic rings. The molecule has 0 fully saturated rings. The van der Waals surface area contributed by atoms with E-state index < -0.39 is 10.8 Å². The Bertz CT molecular complexity index is 446. The highest BCUT2D eigenvalue weighted by molar-refractivity contribution is 7.86. The first-order chi connectivity index (χ1) is 8.41. The molecule has 100 valence electrons. The molecule has 0 saturated carbocycles. The average molecular weight is 268 g/mol. The van der Waals surface area contributed by atoms with Gasteiger partial charge in [0.25, 0.3) is 0 Å². The van der Waals surface area contributed by atoms with E-state index in [1.54, 1.807) is 24.3 Å². The van der Waals surface area contributed by atoms with Crippen molar-refractivity contribution in [3.63, 3.8) is 0 Å². The lowest BCUT2D eigenvalue weighted by atomic mass is 10.1. The van der Waals surface area contributed by atoms with Crippen LogP contribution in [0.15, 0.2) is 29.2 Å². The molecule has 0 aliphatic heterocycles. The second-order valence-corrected chi connectivity index (χ2v) is 6.05. The Balaban J connectivity index is 2.61. The summed E-state index contributed by atoms with van der Waals surface area (Å²) >= 11 is 0. The third kappa shape index (κ3) is 4.14. The van der Waals surface area contributed by atoms with Gasteiger partial charge in [-0.3, -0.25) is 9.00 Å². The first kappa shape index (κ1) is 14.7. The van der Waals surface area contributed by atoms with Crippen LogP contribution in [0.5, 0.6) is 0 Å². The lowest BCUT2D eigenvalue weighted by molar-refractivity contribution is -0.119. The summed E-state index contributed by atoms with van der Waals surface area (Å²) in [5, 5.41) is 2.83. The van der Waals surface area contributed by atoms with Crippen LogP contribution in [0.25, 0.3) is 0 Å². The molecule has 2 unspecified atom stereocenters. The van der Waals surface area contributed by atoms with Gasteiger partial charge in [-0.1, -0.05) is 26.0 Å². The zero-order valence-corrected chi connectivity index (χ0v) is 11.8. The summed E-state index contributed by atoms with van der Waals surface area (Å²) in [6, 6.07) is 6.98. The normalized spacial score (nSPS) is 14.2. The Morgan fingerprint density at radius 2 is 1.94 bits per heavy atom. The smallest absolute Gasteiger partial charge is 0.233 e.